The van der Waals surface area contributed by atoms with Gasteiger partial charge in [-0.15, -0.1) is 0 Å². The Kier molecular flexibility index (Phi) is 4.37. The van der Waals surface area contributed by atoms with Gasteiger partial charge in [-0.3, -0.25) is 9.59 Å². The number of carbonyl (C=O) groups excluding carboxylic acids is 2. The molecule has 2 aliphatic heterocycles. The van der Waals surface area contributed by atoms with Crippen LogP contribution in [0.1, 0.15) is 18.4 Å². The molecule has 2 fully saturated rings. The van der Waals surface area contributed by atoms with Crippen LogP contribution in [0.25, 0.3) is 0 Å². The maximum absolute atomic E-state index is 12.6. The van der Waals surface area contributed by atoms with E-state index in [0.717, 1.165) is 11.3 Å². The first-order chi connectivity index (χ1) is 12.7. The molecule has 2 saturated heterocycles. The summed E-state index contributed by atoms with van der Waals surface area (Å²) in [7, 11) is 0. The number of likely N-dealkylation sites (tertiary alicyclic amines) is 1. The molecule has 0 bridgehead atoms. The van der Waals surface area contributed by atoms with Crippen LogP contribution in [0.2, 0.25) is 0 Å². The number of nitrogens with zero attached hydrogens (tertiary/aromatic N) is 2. The maximum atomic E-state index is 12.6. The SMILES string of the molecule is O=C(Cc1ccccc1)N1CCC2(CC1)C(=O)NCN2c1ccccc1. The molecule has 0 radical (unpaired) electrons. The van der Waals surface area contributed by atoms with E-state index in [1.54, 1.807) is 0 Å². The molecule has 0 aromatic heterocycles. The minimum Gasteiger partial charge on any atom is -0.342 e. The van der Waals surface area contributed by atoms with Crippen LogP contribution in [-0.4, -0.2) is 42.0 Å². The van der Waals surface area contributed by atoms with Crippen molar-refractivity contribution in [1.82, 2.24) is 10.2 Å². The van der Waals surface area contributed by atoms with Gasteiger partial charge in [-0.25, -0.2) is 0 Å². The smallest absolute Gasteiger partial charge is 0.247 e. The van der Waals surface area contributed by atoms with Gasteiger partial charge in [0.05, 0.1) is 13.1 Å². The van der Waals surface area contributed by atoms with E-state index in [0.29, 0.717) is 39.0 Å². The standard InChI is InChI=1S/C21H23N3O2/c25-19(15-17-7-3-1-4-8-17)23-13-11-21(12-14-23)20(26)22-16-24(21)18-9-5-2-6-10-18/h1-10H,11-16H2,(H,22,26). The fourth-order valence-electron chi connectivity index (χ4n) is 4.04. The molecule has 1 spiro atoms. The zero-order valence-electron chi connectivity index (χ0n) is 14.7. The Morgan fingerprint density at radius 1 is 0.962 bits per heavy atom. The Balaban J connectivity index is 1.46. The molecular weight excluding hydrogens is 326 g/mol. The number of rotatable bonds is 3. The highest BCUT2D eigenvalue weighted by molar-refractivity contribution is 5.93. The van der Waals surface area contributed by atoms with Crippen molar-refractivity contribution >= 4 is 17.5 Å². The van der Waals surface area contributed by atoms with Gasteiger partial charge >= 0.3 is 0 Å². The molecule has 4 rings (SSSR count). The number of hydrogen-bond donors (Lipinski definition) is 1. The van der Waals surface area contributed by atoms with E-state index < -0.39 is 5.54 Å². The van der Waals surface area contributed by atoms with E-state index in [9.17, 15) is 9.59 Å². The Hall–Kier alpha value is -2.82. The van der Waals surface area contributed by atoms with Gasteiger partial charge < -0.3 is 15.1 Å². The third kappa shape index (κ3) is 2.94. The van der Waals surface area contributed by atoms with Crippen molar-refractivity contribution in [3.05, 3.63) is 66.2 Å². The fraction of sp³-hybridized carbons (Fsp3) is 0.333. The Morgan fingerprint density at radius 2 is 1.58 bits per heavy atom. The van der Waals surface area contributed by atoms with Crippen LogP contribution in [0.3, 0.4) is 0 Å². The number of benzene rings is 2. The third-order valence-electron chi connectivity index (χ3n) is 5.55. The normalized spacial score (nSPS) is 18.8. The van der Waals surface area contributed by atoms with Crippen LogP contribution in [0.5, 0.6) is 0 Å². The summed E-state index contributed by atoms with van der Waals surface area (Å²) in [5.74, 6) is 0.215. The maximum Gasteiger partial charge on any atom is 0.247 e. The minimum absolute atomic E-state index is 0.0801. The van der Waals surface area contributed by atoms with Gasteiger partial charge in [0.2, 0.25) is 11.8 Å². The van der Waals surface area contributed by atoms with E-state index in [2.05, 4.69) is 10.2 Å². The molecule has 2 aromatic rings. The van der Waals surface area contributed by atoms with E-state index in [-0.39, 0.29) is 11.8 Å². The summed E-state index contributed by atoms with van der Waals surface area (Å²) in [6.45, 7) is 1.76. The van der Waals surface area contributed by atoms with Crippen LogP contribution >= 0.6 is 0 Å². The Morgan fingerprint density at radius 3 is 2.23 bits per heavy atom. The lowest BCUT2D eigenvalue weighted by Gasteiger charge is -2.43. The molecule has 2 aromatic carbocycles. The van der Waals surface area contributed by atoms with Crippen LogP contribution in [0.15, 0.2) is 60.7 Å². The zero-order chi connectivity index (χ0) is 18.0. The van der Waals surface area contributed by atoms with Gasteiger partial charge in [0.25, 0.3) is 0 Å². The van der Waals surface area contributed by atoms with Gasteiger partial charge in [-0.1, -0.05) is 48.5 Å². The molecule has 26 heavy (non-hydrogen) atoms. The second kappa shape index (κ2) is 6.83. The Labute approximate surface area is 153 Å². The van der Waals surface area contributed by atoms with Gasteiger partial charge in [0.15, 0.2) is 0 Å². The number of anilines is 1. The lowest BCUT2D eigenvalue weighted by atomic mass is 9.85. The van der Waals surface area contributed by atoms with Gasteiger partial charge in [-0.05, 0) is 30.5 Å². The van der Waals surface area contributed by atoms with Gasteiger partial charge in [0, 0.05) is 18.8 Å². The molecule has 2 amide bonds. The quantitative estimate of drug-likeness (QED) is 0.924. The van der Waals surface area contributed by atoms with Crippen molar-refractivity contribution in [2.24, 2.45) is 0 Å². The zero-order valence-corrected chi connectivity index (χ0v) is 14.7. The van der Waals surface area contributed by atoms with E-state index in [1.807, 2.05) is 65.6 Å². The molecule has 0 aliphatic carbocycles. The van der Waals surface area contributed by atoms with Crippen LogP contribution in [0, 0.1) is 0 Å². The average Bonchev–Trinajstić information content (AvgIpc) is 3.00. The lowest BCUT2D eigenvalue weighted by Crippen LogP contribution is -2.57. The summed E-state index contributed by atoms with van der Waals surface area (Å²) >= 11 is 0. The summed E-state index contributed by atoms with van der Waals surface area (Å²) in [5, 5.41) is 3.00. The highest BCUT2D eigenvalue weighted by Gasteiger charge is 2.50. The van der Waals surface area contributed by atoms with Gasteiger partial charge in [0.1, 0.15) is 5.54 Å². The number of amides is 2. The monoisotopic (exact) mass is 349 g/mol. The number of nitrogens with one attached hydrogen (secondary N) is 1. The first-order valence-corrected chi connectivity index (χ1v) is 9.12. The first kappa shape index (κ1) is 16.6. The summed E-state index contributed by atoms with van der Waals surface area (Å²) in [6, 6.07) is 19.8. The minimum atomic E-state index is -0.537. The van der Waals surface area contributed by atoms with E-state index in [1.165, 1.54) is 0 Å². The van der Waals surface area contributed by atoms with Crippen molar-refractivity contribution < 1.29 is 9.59 Å². The van der Waals surface area contributed by atoms with Gasteiger partial charge in [-0.2, -0.15) is 0 Å². The molecule has 5 heteroatoms. The van der Waals surface area contributed by atoms with Crippen molar-refractivity contribution in [1.29, 1.82) is 0 Å². The highest BCUT2D eigenvalue weighted by atomic mass is 16.2. The molecule has 0 unspecified atom stereocenters. The van der Waals surface area contributed by atoms with Crippen molar-refractivity contribution in [3.63, 3.8) is 0 Å². The third-order valence-corrected chi connectivity index (χ3v) is 5.55. The van der Waals surface area contributed by atoms with Crippen molar-refractivity contribution in [2.45, 2.75) is 24.8 Å². The highest BCUT2D eigenvalue weighted by Crippen LogP contribution is 2.36. The number of piperidine rings is 1. The molecule has 0 atom stereocenters. The van der Waals surface area contributed by atoms with Crippen LogP contribution in [0.4, 0.5) is 5.69 Å². The van der Waals surface area contributed by atoms with E-state index in [4.69, 9.17) is 0 Å². The topological polar surface area (TPSA) is 52.7 Å². The molecular formula is C21H23N3O2. The van der Waals surface area contributed by atoms with Crippen molar-refractivity contribution in [3.8, 4) is 0 Å². The second-order valence-corrected chi connectivity index (χ2v) is 7.00. The largest absolute Gasteiger partial charge is 0.342 e. The number of para-hydroxylation sites is 1. The lowest BCUT2D eigenvalue weighted by molar-refractivity contribution is -0.134. The molecule has 2 aliphatic rings. The molecule has 1 N–H and O–H groups in total. The molecule has 2 heterocycles. The second-order valence-electron chi connectivity index (χ2n) is 7.00. The summed E-state index contributed by atoms with van der Waals surface area (Å²) < 4.78 is 0. The first-order valence-electron chi connectivity index (χ1n) is 9.12. The molecule has 5 nitrogen and oxygen atoms in total. The van der Waals surface area contributed by atoms with Crippen molar-refractivity contribution in [2.75, 3.05) is 24.7 Å². The summed E-state index contributed by atoms with van der Waals surface area (Å²) in [4.78, 5) is 29.3. The fourth-order valence-corrected chi connectivity index (χ4v) is 4.04. The predicted molar refractivity (Wildman–Crippen MR) is 101 cm³/mol. The molecule has 0 saturated carbocycles. The predicted octanol–water partition coefficient (Wildman–Crippen LogP) is 2.18. The summed E-state index contributed by atoms with van der Waals surface area (Å²) in [5.41, 5.74) is 1.54. The van der Waals surface area contributed by atoms with Crippen LogP contribution < -0.4 is 10.2 Å². The summed E-state index contributed by atoms with van der Waals surface area (Å²) in [6.07, 6.45) is 1.74. The Bertz CT molecular complexity index is 783. The van der Waals surface area contributed by atoms with E-state index >= 15 is 0 Å². The van der Waals surface area contributed by atoms with Crippen LogP contribution in [-0.2, 0) is 16.0 Å². The number of hydrogen-bond acceptors (Lipinski definition) is 3. The number of carbonyl (C=O) groups is 2. The molecule has 134 valence electrons. The average molecular weight is 349 g/mol.